The molecule has 0 radical (unpaired) electrons. The lowest BCUT2D eigenvalue weighted by atomic mass is 9.93. The van der Waals surface area contributed by atoms with E-state index in [9.17, 15) is 14.7 Å². The second kappa shape index (κ2) is 7.72. The van der Waals surface area contributed by atoms with Crippen LogP contribution in [0.25, 0.3) is 16.6 Å². The Bertz CT molecular complexity index is 1410. The number of hydrogen-bond donors (Lipinski definition) is 3. The number of aromatic amines is 2. The number of likely N-dealkylation sites (N-methyl/N-ethyl adjacent to an activating group) is 1. The Kier molecular flexibility index (Phi) is 4.86. The predicted molar refractivity (Wildman–Crippen MR) is 122 cm³/mol. The van der Waals surface area contributed by atoms with Gasteiger partial charge in [0.15, 0.2) is 0 Å². The number of benzene rings is 2. The smallest absolute Gasteiger partial charge is 0.335 e. The number of methoxy groups -OCH3 is 1. The first-order valence-corrected chi connectivity index (χ1v) is 10.6. The van der Waals surface area contributed by atoms with Crippen LogP contribution in [0.3, 0.4) is 0 Å². The van der Waals surface area contributed by atoms with Crippen LogP contribution in [0.2, 0.25) is 0 Å². The van der Waals surface area contributed by atoms with E-state index >= 15 is 0 Å². The summed E-state index contributed by atoms with van der Waals surface area (Å²) in [5, 5.41) is 12.4. The van der Waals surface area contributed by atoms with Crippen LogP contribution < -0.4 is 16.0 Å². The Labute approximate surface area is 183 Å². The van der Waals surface area contributed by atoms with Gasteiger partial charge in [-0.05, 0) is 48.9 Å². The monoisotopic (exact) mass is 432 g/mol. The molecule has 0 fully saturated rings. The predicted octanol–water partition coefficient (Wildman–Crippen LogP) is 2.69. The summed E-state index contributed by atoms with van der Waals surface area (Å²) in [4.78, 5) is 33.7. The lowest BCUT2D eigenvalue weighted by Gasteiger charge is -2.35. The highest BCUT2D eigenvalue weighted by Gasteiger charge is 2.35. The third-order valence-corrected chi connectivity index (χ3v) is 6.27. The van der Waals surface area contributed by atoms with E-state index in [1.54, 1.807) is 31.4 Å². The fraction of sp³-hybridized carbons (Fsp3) is 0.250. The van der Waals surface area contributed by atoms with Crippen molar-refractivity contribution < 1.29 is 9.84 Å². The Morgan fingerprint density at radius 2 is 1.84 bits per heavy atom. The molecule has 164 valence electrons. The number of aromatic nitrogens is 3. The molecule has 2 aromatic heterocycles. The number of rotatable bonds is 4. The first-order chi connectivity index (χ1) is 15.5. The van der Waals surface area contributed by atoms with Gasteiger partial charge in [0.1, 0.15) is 11.3 Å². The van der Waals surface area contributed by atoms with Gasteiger partial charge < -0.3 is 14.8 Å². The van der Waals surface area contributed by atoms with Crippen molar-refractivity contribution in [1.82, 2.24) is 19.4 Å². The van der Waals surface area contributed by atoms with E-state index < -0.39 is 17.3 Å². The summed E-state index contributed by atoms with van der Waals surface area (Å²) >= 11 is 0. The van der Waals surface area contributed by atoms with E-state index in [0.717, 1.165) is 39.7 Å². The Morgan fingerprint density at radius 3 is 2.56 bits per heavy atom. The lowest BCUT2D eigenvalue weighted by molar-refractivity contribution is 0.215. The van der Waals surface area contributed by atoms with Crippen molar-refractivity contribution in [1.29, 1.82) is 0 Å². The molecular weight excluding hydrogens is 408 g/mol. The SMILES string of the molecule is CCN1CCc2c([nH]c3ccccc23)[C@H]1c1c(O)n(-c2ccc(OC)cc2)c(=O)[nH]c1=O. The summed E-state index contributed by atoms with van der Waals surface area (Å²) in [7, 11) is 1.55. The average molecular weight is 432 g/mol. The zero-order valence-electron chi connectivity index (χ0n) is 17.9. The third-order valence-electron chi connectivity index (χ3n) is 6.27. The van der Waals surface area contributed by atoms with Crippen molar-refractivity contribution in [3.05, 3.63) is 86.2 Å². The second-order valence-electron chi connectivity index (χ2n) is 7.87. The maximum atomic E-state index is 13.0. The molecular formula is C24H24N4O4. The highest BCUT2D eigenvalue weighted by atomic mass is 16.5. The van der Waals surface area contributed by atoms with Crippen LogP contribution in [-0.4, -0.2) is 44.7 Å². The van der Waals surface area contributed by atoms with Crippen LogP contribution in [-0.2, 0) is 6.42 Å². The first-order valence-electron chi connectivity index (χ1n) is 10.6. The third kappa shape index (κ3) is 3.03. The minimum Gasteiger partial charge on any atom is -0.497 e. The van der Waals surface area contributed by atoms with Gasteiger partial charge in [0, 0.05) is 23.1 Å². The molecule has 1 aliphatic rings. The zero-order valence-corrected chi connectivity index (χ0v) is 17.9. The number of ether oxygens (including phenoxy) is 1. The van der Waals surface area contributed by atoms with Gasteiger partial charge in [-0.2, -0.15) is 0 Å². The van der Waals surface area contributed by atoms with Crippen molar-refractivity contribution in [2.75, 3.05) is 20.2 Å². The molecule has 0 aliphatic carbocycles. The number of fused-ring (bicyclic) bond motifs is 3. The van der Waals surface area contributed by atoms with Crippen LogP contribution in [0, 0.1) is 0 Å². The van der Waals surface area contributed by atoms with E-state index in [-0.39, 0.29) is 11.4 Å². The molecule has 1 atom stereocenters. The van der Waals surface area contributed by atoms with E-state index in [1.807, 2.05) is 25.1 Å². The van der Waals surface area contributed by atoms with Crippen LogP contribution in [0.15, 0.2) is 58.1 Å². The van der Waals surface area contributed by atoms with Crippen LogP contribution >= 0.6 is 0 Å². The van der Waals surface area contributed by atoms with Crippen LogP contribution in [0.5, 0.6) is 11.6 Å². The van der Waals surface area contributed by atoms with Crippen molar-refractivity contribution in [2.45, 2.75) is 19.4 Å². The van der Waals surface area contributed by atoms with Gasteiger partial charge in [-0.3, -0.25) is 14.7 Å². The van der Waals surface area contributed by atoms with Gasteiger partial charge in [0.05, 0.1) is 18.8 Å². The number of hydrogen-bond acceptors (Lipinski definition) is 5. The highest BCUT2D eigenvalue weighted by molar-refractivity contribution is 5.85. The number of aromatic hydroxyl groups is 1. The van der Waals surface area contributed by atoms with E-state index in [4.69, 9.17) is 4.74 Å². The molecule has 1 aliphatic heterocycles. The molecule has 3 heterocycles. The van der Waals surface area contributed by atoms with Crippen LogP contribution in [0.4, 0.5) is 0 Å². The van der Waals surface area contributed by atoms with E-state index in [0.29, 0.717) is 18.0 Å². The summed E-state index contributed by atoms with van der Waals surface area (Å²) in [6.07, 6.45) is 0.834. The van der Waals surface area contributed by atoms with Gasteiger partial charge in [0.25, 0.3) is 5.56 Å². The normalized spacial score (nSPS) is 16.2. The van der Waals surface area contributed by atoms with Gasteiger partial charge in [-0.25, -0.2) is 9.36 Å². The lowest BCUT2D eigenvalue weighted by Crippen LogP contribution is -2.41. The molecule has 3 N–H and O–H groups in total. The summed E-state index contributed by atoms with van der Waals surface area (Å²) in [6.45, 7) is 3.43. The number of nitrogens with one attached hydrogen (secondary N) is 2. The zero-order chi connectivity index (χ0) is 22.4. The van der Waals surface area contributed by atoms with Gasteiger partial charge in [-0.15, -0.1) is 0 Å². The van der Waals surface area contributed by atoms with Crippen molar-refractivity contribution in [2.24, 2.45) is 0 Å². The van der Waals surface area contributed by atoms with Gasteiger partial charge >= 0.3 is 5.69 Å². The Morgan fingerprint density at radius 1 is 1.09 bits per heavy atom. The molecule has 2 aromatic carbocycles. The molecule has 4 aromatic rings. The Balaban J connectivity index is 1.75. The molecule has 5 rings (SSSR count). The maximum absolute atomic E-state index is 13.0. The average Bonchev–Trinajstić information content (AvgIpc) is 3.18. The topological polar surface area (TPSA) is 103 Å². The maximum Gasteiger partial charge on any atom is 0.335 e. The summed E-state index contributed by atoms with van der Waals surface area (Å²) < 4.78 is 6.31. The standard InChI is InChI=1S/C24H24N4O4/c1-3-27-13-12-17-16-6-4-5-7-18(16)25-20(17)21(27)19-22(29)26-24(31)28(23(19)30)14-8-10-15(32-2)11-9-14/h4-11,21,25,30H,3,12-13H2,1-2H3,(H,26,29,31)/t21-/m1/s1. The molecule has 0 saturated heterocycles. The quantitative estimate of drug-likeness (QED) is 0.460. The van der Waals surface area contributed by atoms with Gasteiger partial charge in [-0.1, -0.05) is 25.1 Å². The molecule has 8 nitrogen and oxygen atoms in total. The summed E-state index contributed by atoms with van der Waals surface area (Å²) in [5.41, 5.74) is 2.29. The minimum atomic E-state index is -0.697. The fourth-order valence-electron chi connectivity index (χ4n) is 4.71. The minimum absolute atomic E-state index is 0.148. The highest BCUT2D eigenvalue weighted by Crippen LogP contribution is 2.39. The van der Waals surface area contributed by atoms with Crippen LogP contribution in [0.1, 0.15) is 29.8 Å². The number of H-pyrrole nitrogens is 2. The first kappa shape index (κ1) is 20.1. The molecule has 8 heteroatoms. The number of para-hydroxylation sites is 1. The molecule has 0 spiro atoms. The molecule has 0 bridgehead atoms. The summed E-state index contributed by atoms with van der Waals surface area (Å²) in [6, 6.07) is 14.2. The molecule has 0 unspecified atom stereocenters. The van der Waals surface area contributed by atoms with Crippen molar-refractivity contribution >= 4 is 10.9 Å². The largest absolute Gasteiger partial charge is 0.497 e. The fourth-order valence-corrected chi connectivity index (χ4v) is 4.71. The van der Waals surface area contributed by atoms with E-state index in [1.165, 1.54) is 0 Å². The van der Waals surface area contributed by atoms with Crippen molar-refractivity contribution in [3.8, 4) is 17.3 Å². The number of nitrogens with zero attached hydrogens (tertiary/aromatic N) is 2. The Hall–Kier alpha value is -3.78. The summed E-state index contributed by atoms with van der Waals surface area (Å²) in [5.74, 6) is 0.261. The van der Waals surface area contributed by atoms with Crippen molar-refractivity contribution in [3.63, 3.8) is 0 Å². The van der Waals surface area contributed by atoms with E-state index in [2.05, 4.69) is 20.9 Å². The second-order valence-corrected chi connectivity index (χ2v) is 7.87. The molecule has 0 saturated carbocycles. The molecule has 32 heavy (non-hydrogen) atoms. The molecule has 0 amide bonds. The van der Waals surface area contributed by atoms with Gasteiger partial charge in [0.2, 0.25) is 5.88 Å².